The highest BCUT2D eigenvalue weighted by Gasteiger charge is 2.25. The van der Waals surface area contributed by atoms with E-state index < -0.39 is 0 Å². The summed E-state index contributed by atoms with van der Waals surface area (Å²) in [5.41, 5.74) is 0.647. The lowest BCUT2D eigenvalue weighted by Gasteiger charge is -2.31. The normalized spacial score (nSPS) is 16.8. The number of rotatable bonds is 1. The molecule has 0 unspecified atom stereocenters. The summed E-state index contributed by atoms with van der Waals surface area (Å²) in [4.78, 5) is 26.7. The second-order valence-electron chi connectivity index (χ2n) is 3.68. The lowest BCUT2D eigenvalue weighted by Crippen LogP contribution is -2.50. The molecule has 0 N–H and O–H groups in total. The van der Waals surface area contributed by atoms with Crippen molar-refractivity contribution in [3.8, 4) is 0 Å². The number of carbonyl (C=O) groups excluding carboxylic acids is 2. The van der Waals surface area contributed by atoms with Crippen molar-refractivity contribution >= 4 is 39.1 Å². The fourth-order valence-corrected chi connectivity index (χ4v) is 2.67. The van der Waals surface area contributed by atoms with E-state index in [4.69, 9.17) is 0 Å². The molecular weight excluding hydrogens is 292 g/mol. The Bertz CT molecular complexity index is 432. The van der Waals surface area contributed by atoms with Crippen molar-refractivity contribution in [2.24, 2.45) is 0 Å². The van der Waals surface area contributed by atoms with Crippen LogP contribution in [0.2, 0.25) is 0 Å². The van der Waals surface area contributed by atoms with E-state index in [1.165, 1.54) is 11.3 Å². The van der Waals surface area contributed by atoms with Gasteiger partial charge in [0.2, 0.25) is 5.91 Å². The maximum absolute atomic E-state index is 12.0. The zero-order valence-electron chi connectivity index (χ0n) is 8.77. The van der Waals surface area contributed by atoms with Gasteiger partial charge in [0.25, 0.3) is 5.91 Å². The predicted molar refractivity (Wildman–Crippen MR) is 65.6 cm³/mol. The molecule has 1 aliphatic rings. The minimum absolute atomic E-state index is 0.00565. The Kier molecular flexibility index (Phi) is 3.30. The van der Waals surface area contributed by atoms with Crippen LogP contribution in [-0.4, -0.2) is 48.3 Å². The van der Waals surface area contributed by atoms with Gasteiger partial charge in [0, 0.05) is 25.5 Å². The standard InChI is InChI=1S/C10H11BrN2O2S/c1-12-2-3-13(5-9(12)14)10(15)7-4-8(11)16-6-7/h4,6H,2-3,5H2,1H3. The Morgan fingerprint density at radius 1 is 1.50 bits per heavy atom. The van der Waals surface area contributed by atoms with Crippen LogP contribution in [0, 0.1) is 0 Å². The average molecular weight is 303 g/mol. The first-order valence-corrected chi connectivity index (χ1v) is 6.52. The summed E-state index contributed by atoms with van der Waals surface area (Å²) in [5.74, 6) is -0.0719. The molecule has 0 bridgehead atoms. The van der Waals surface area contributed by atoms with E-state index in [0.29, 0.717) is 18.7 Å². The Balaban J connectivity index is 2.09. The molecule has 2 amide bonds. The molecule has 1 fully saturated rings. The fourth-order valence-electron chi connectivity index (χ4n) is 1.54. The second kappa shape index (κ2) is 4.55. The van der Waals surface area contributed by atoms with Gasteiger partial charge in [-0.15, -0.1) is 11.3 Å². The highest BCUT2D eigenvalue weighted by atomic mass is 79.9. The lowest BCUT2D eigenvalue weighted by molar-refractivity contribution is -0.133. The molecule has 1 aromatic heterocycles. The molecule has 0 saturated carbocycles. The van der Waals surface area contributed by atoms with Gasteiger partial charge < -0.3 is 9.80 Å². The van der Waals surface area contributed by atoms with Crippen molar-refractivity contribution in [1.29, 1.82) is 0 Å². The number of carbonyl (C=O) groups is 2. The van der Waals surface area contributed by atoms with Gasteiger partial charge in [-0.05, 0) is 22.0 Å². The number of piperazine rings is 1. The molecule has 4 nitrogen and oxygen atoms in total. The van der Waals surface area contributed by atoms with E-state index in [-0.39, 0.29) is 18.4 Å². The first-order valence-electron chi connectivity index (χ1n) is 4.85. The van der Waals surface area contributed by atoms with E-state index in [1.54, 1.807) is 28.3 Å². The summed E-state index contributed by atoms with van der Waals surface area (Å²) in [7, 11) is 1.76. The summed E-state index contributed by atoms with van der Waals surface area (Å²) in [6, 6.07) is 1.79. The smallest absolute Gasteiger partial charge is 0.255 e. The number of hydrogen-bond donors (Lipinski definition) is 0. The van der Waals surface area contributed by atoms with Crippen molar-refractivity contribution in [2.45, 2.75) is 0 Å². The van der Waals surface area contributed by atoms with Gasteiger partial charge in [-0.3, -0.25) is 9.59 Å². The van der Waals surface area contributed by atoms with Gasteiger partial charge in [0.15, 0.2) is 0 Å². The molecule has 1 saturated heterocycles. The Hall–Kier alpha value is -0.880. The van der Waals surface area contributed by atoms with Crippen molar-refractivity contribution in [3.63, 3.8) is 0 Å². The third-order valence-corrected chi connectivity index (χ3v) is 4.06. The molecule has 0 aromatic carbocycles. The molecule has 2 heterocycles. The highest BCUT2D eigenvalue weighted by Crippen LogP contribution is 2.22. The molecule has 0 aliphatic carbocycles. The number of amides is 2. The molecule has 16 heavy (non-hydrogen) atoms. The van der Waals surface area contributed by atoms with Gasteiger partial charge in [-0.1, -0.05) is 0 Å². The van der Waals surface area contributed by atoms with Crippen LogP contribution in [0.15, 0.2) is 15.2 Å². The Morgan fingerprint density at radius 2 is 2.25 bits per heavy atom. The van der Waals surface area contributed by atoms with Gasteiger partial charge in [0.05, 0.1) is 9.35 Å². The third-order valence-electron chi connectivity index (χ3n) is 2.56. The molecule has 1 aromatic rings. The summed E-state index contributed by atoms with van der Waals surface area (Å²) in [5, 5.41) is 1.80. The van der Waals surface area contributed by atoms with Crippen LogP contribution in [0.25, 0.3) is 0 Å². The van der Waals surface area contributed by atoms with Crippen LogP contribution in [-0.2, 0) is 4.79 Å². The number of hydrogen-bond acceptors (Lipinski definition) is 3. The topological polar surface area (TPSA) is 40.6 Å². The molecule has 6 heteroatoms. The van der Waals surface area contributed by atoms with Crippen molar-refractivity contribution in [3.05, 3.63) is 20.8 Å². The molecule has 1 aliphatic heterocycles. The summed E-state index contributed by atoms with van der Waals surface area (Å²) in [6.07, 6.45) is 0. The molecular formula is C10H11BrN2O2S. The lowest BCUT2D eigenvalue weighted by atomic mass is 10.2. The van der Waals surface area contributed by atoms with Crippen LogP contribution >= 0.6 is 27.3 Å². The number of halogens is 1. The fraction of sp³-hybridized carbons (Fsp3) is 0.400. The Morgan fingerprint density at radius 3 is 2.81 bits per heavy atom. The molecule has 86 valence electrons. The number of likely N-dealkylation sites (N-methyl/N-ethyl adjacent to an activating group) is 1. The predicted octanol–water partition coefficient (Wildman–Crippen LogP) is 1.42. The van der Waals surface area contributed by atoms with E-state index in [2.05, 4.69) is 15.9 Å². The highest BCUT2D eigenvalue weighted by molar-refractivity contribution is 9.11. The number of nitrogens with zero attached hydrogens (tertiary/aromatic N) is 2. The van der Waals surface area contributed by atoms with E-state index in [1.807, 2.05) is 0 Å². The Labute approximate surface area is 106 Å². The minimum atomic E-state index is -0.0663. The first-order chi connectivity index (χ1) is 7.58. The molecule has 2 rings (SSSR count). The average Bonchev–Trinajstić information content (AvgIpc) is 2.68. The van der Waals surface area contributed by atoms with E-state index >= 15 is 0 Å². The molecule has 0 atom stereocenters. The second-order valence-corrected chi connectivity index (χ2v) is 5.97. The largest absolute Gasteiger partial charge is 0.342 e. The van der Waals surface area contributed by atoms with Crippen LogP contribution < -0.4 is 0 Å². The van der Waals surface area contributed by atoms with Crippen LogP contribution in [0.3, 0.4) is 0 Å². The van der Waals surface area contributed by atoms with Gasteiger partial charge in [-0.25, -0.2) is 0 Å². The summed E-state index contributed by atoms with van der Waals surface area (Å²) >= 11 is 4.79. The van der Waals surface area contributed by atoms with Crippen molar-refractivity contribution in [2.75, 3.05) is 26.7 Å². The van der Waals surface area contributed by atoms with E-state index in [9.17, 15) is 9.59 Å². The maximum Gasteiger partial charge on any atom is 0.255 e. The monoisotopic (exact) mass is 302 g/mol. The first kappa shape index (κ1) is 11.6. The minimum Gasteiger partial charge on any atom is -0.342 e. The SMILES string of the molecule is CN1CCN(C(=O)c2csc(Br)c2)CC1=O. The van der Waals surface area contributed by atoms with Gasteiger partial charge >= 0.3 is 0 Å². The quantitative estimate of drug-likeness (QED) is 0.787. The van der Waals surface area contributed by atoms with Crippen LogP contribution in [0.1, 0.15) is 10.4 Å². The zero-order chi connectivity index (χ0) is 11.7. The molecule has 0 radical (unpaired) electrons. The van der Waals surface area contributed by atoms with Crippen molar-refractivity contribution in [1.82, 2.24) is 9.80 Å². The van der Waals surface area contributed by atoms with E-state index in [0.717, 1.165) is 3.79 Å². The van der Waals surface area contributed by atoms with Gasteiger partial charge in [0.1, 0.15) is 6.54 Å². The zero-order valence-corrected chi connectivity index (χ0v) is 11.2. The number of thiophene rings is 1. The molecule has 0 spiro atoms. The van der Waals surface area contributed by atoms with Crippen LogP contribution in [0.4, 0.5) is 0 Å². The van der Waals surface area contributed by atoms with Gasteiger partial charge in [-0.2, -0.15) is 0 Å². The third kappa shape index (κ3) is 2.27. The summed E-state index contributed by atoms with van der Waals surface area (Å²) < 4.78 is 0.927. The summed E-state index contributed by atoms with van der Waals surface area (Å²) in [6.45, 7) is 1.40. The van der Waals surface area contributed by atoms with Crippen LogP contribution in [0.5, 0.6) is 0 Å². The maximum atomic E-state index is 12.0. The van der Waals surface area contributed by atoms with Crippen molar-refractivity contribution < 1.29 is 9.59 Å².